The second-order valence-corrected chi connectivity index (χ2v) is 3.81. The quantitative estimate of drug-likeness (QED) is 0.520. The van der Waals surface area contributed by atoms with Crippen LogP contribution in [0.1, 0.15) is 26.2 Å². The van der Waals surface area contributed by atoms with Crippen LogP contribution in [0.2, 0.25) is 0 Å². The van der Waals surface area contributed by atoms with Crippen LogP contribution in [-0.2, 0) is 4.74 Å². The van der Waals surface area contributed by atoms with Crippen LogP contribution in [0.4, 0.5) is 0 Å². The lowest BCUT2D eigenvalue weighted by atomic mass is 9.97. The van der Waals surface area contributed by atoms with Crippen molar-refractivity contribution in [2.75, 3.05) is 19.7 Å². The van der Waals surface area contributed by atoms with Gasteiger partial charge in [-0.05, 0) is 31.7 Å². The van der Waals surface area contributed by atoms with Gasteiger partial charge in [-0.3, -0.25) is 0 Å². The lowest BCUT2D eigenvalue weighted by Gasteiger charge is -2.29. The zero-order valence-corrected chi connectivity index (χ0v) is 8.59. The van der Waals surface area contributed by atoms with Crippen LogP contribution in [-0.4, -0.2) is 25.8 Å². The average Bonchev–Trinajstić information content (AvgIpc) is 2.15. The molecule has 13 heavy (non-hydrogen) atoms. The Morgan fingerprint density at radius 3 is 3.15 bits per heavy atom. The van der Waals surface area contributed by atoms with Crippen molar-refractivity contribution in [3.63, 3.8) is 0 Å². The third-order valence-corrected chi connectivity index (χ3v) is 2.64. The number of rotatable bonds is 5. The first-order valence-electron chi connectivity index (χ1n) is 5.28. The van der Waals surface area contributed by atoms with Gasteiger partial charge in [-0.2, -0.15) is 0 Å². The van der Waals surface area contributed by atoms with Crippen LogP contribution in [0.15, 0.2) is 12.7 Å². The normalized spacial score (nSPS) is 28.7. The molecule has 1 saturated heterocycles. The Kier molecular flexibility index (Phi) is 5.09. The fourth-order valence-electron chi connectivity index (χ4n) is 1.65. The number of allylic oxidation sites excluding steroid dienone is 1. The van der Waals surface area contributed by atoms with Gasteiger partial charge in [-0.25, -0.2) is 0 Å². The zero-order chi connectivity index (χ0) is 9.52. The summed E-state index contributed by atoms with van der Waals surface area (Å²) in [6, 6.07) is 0. The molecule has 1 heterocycles. The van der Waals surface area contributed by atoms with Gasteiger partial charge in [0.05, 0.1) is 6.10 Å². The molecule has 1 N–H and O–H groups in total. The molecule has 76 valence electrons. The summed E-state index contributed by atoms with van der Waals surface area (Å²) in [4.78, 5) is 0. The lowest BCUT2D eigenvalue weighted by molar-refractivity contribution is 0.00339. The smallest absolute Gasteiger partial charge is 0.0725 e. The summed E-state index contributed by atoms with van der Waals surface area (Å²) in [5, 5.41) is 3.36. The summed E-state index contributed by atoms with van der Waals surface area (Å²) in [5.74, 6) is 0.713. The molecule has 0 saturated carbocycles. The number of hydrogen-bond donors (Lipinski definition) is 1. The van der Waals surface area contributed by atoms with Crippen molar-refractivity contribution >= 4 is 0 Å². The first-order chi connectivity index (χ1) is 6.34. The Morgan fingerprint density at radius 1 is 1.62 bits per heavy atom. The molecule has 1 fully saturated rings. The summed E-state index contributed by atoms with van der Waals surface area (Å²) >= 11 is 0. The van der Waals surface area contributed by atoms with Gasteiger partial charge < -0.3 is 10.1 Å². The molecule has 2 nitrogen and oxygen atoms in total. The van der Waals surface area contributed by atoms with E-state index in [4.69, 9.17) is 4.74 Å². The van der Waals surface area contributed by atoms with Crippen LogP contribution < -0.4 is 5.32 Å². The van der Waals surface area contributed by atoms with Gasteiger partial charge in [-0.1, -0.05) is 13.0 Å². The van der Waals surface area contributed by atoms with Crippen molar-refractivity contribution < 1.29 is 4.74 Å². The molecular formula is C11H21NO. The van der Waals surface area contributed by atoms with Gasteiger partial charge in [-0.15, -0.1) is 6.58 Å². The molecule has 0 spiro atoms. The summed E-state index contributed by atoms with van der Waals surface area (Å²) in [6.45, 7) is 9.02. The van der Waals surface area contributed by atoms with Gasteiger partial charge in [0.2, 0.25) is 0 Å². The minimum atomic E-state index is 0.429. The molecule has 1 aliphatic rings. The molecule has 2 unspecified atom stereocenters. The minimum absolute atomic E-state index is 0.429. The number of unbranched alkanes of at least 4 members (excludes halogenated alkanes) is 1. The molecule has 0 radical (unpaired) electrons. The van der Waals surface area contributed by atoms with E-state index in [1.165, 1.54) is 6.42 Å². The maximum atomic E-state index is 5.79. The van der Waals surface area contributed by atoms with Crippen molar-refractivity contribution in [1.29, 1.82) is 0 Å². The molecule has 0 amide bonds. The van der Waals surface area contributed by atoms with E-state index in [1.54, 1.807) is 0 Å². The highest BCUT2D eigenvalue weighted by Crippen LogP contribution is 2.14. The highest BCUT2D eigenvalue weighted by molar-refractivity contribution is 4.75. The molecule has 0 aromatic rings. The summed E-state index contributed by atoms with van der Waals surface area (Å²) in [7, 11) is 0. The second kappa shape index (κ2) is 6.17. The van der Waals surface area contributed by atoms with Gasteiger partial charge in [0, 0.05) is 13.2 Å². The van der Waals surface area contributed by atoms with E-state index in [2.05, 4.69) is 18.8 Å². The van der Waals surface area contributed by atoms with Crippen LogP contribution in [0.3, 0.4) is 0 Å². The lowest BCUT2D eigenvalue weighted by Crippen LogP contribution is -2.41. The number of ether oxygens (including phenoxy) is 1. The van der Waals surface area contributed by atoms with E-state index >= 15 is 0 Å². The van der Waals surface area contributed by atoms with E-state index in [9.17, 15) is 0 Å². The predicted molar refractivity (Wildman–Crippen MR) is 55.8 cm³/mol. The van der Waals surface area contributed by atoms with Crippen molar-refractivity contribution in [2.45, 2.75) is 32.3 Å². The highest BCUT2D eigenvalue weighted by atomic mass is 16.5. The Labute approximate surface area is 81.4 Å². The van der Waals surface area contributed by atoms with Gasteiger partial charge in [0.15, 0.2) is 0 Å². The van der Waals surface area contributed by atoms with E-state index in [0.717, 1.165) is 32.5 Å². The maximum absolute atomic E-state index is 5.79. The Morgan fingerprint density at radius 2 is 2.46 bits per heavy atom. The molecule has 0 aromatic heterocycles. The van der Waals surface area contributed by atoms with Gasteiger partial charge in [0.25, 0.3) is 0 Å². The molecule has 1 rings (SSSR count). The molecule has 2 heteroatoms. The Hall–Kier alpha value is -0.340. The SMILES string of the molecule is C=CCCCOC1CNCCC1C. The van der Waals surface area contributed by atoms with Gasteiger partial charge >= 0.3 is 0 Å². The van der Waals surface area contributed by atoms with Crippen molar-refractivity contribution in [3.05, 3.63) is 12.7 Å². The Balaban J connectivity index is 2.08. The summed E-state index contributed by atoms with van der Waals surface area (Å²) < 4.78 is 5.79. The van der Waals surface area contributed by atoms with Crippen LogP contribution in [0, 0.1) is 5.92 Å². The van der Waals surface area contributed by atoms with E-state index < -0.39 is 0 Å². The van der Waals surface area contributed by atoms with E-state index in [1.807, 2.05) is 6.08 Å². The fraction of sp³-hybridized carbons (Fsp3) is 0.818. The average molecular weight is 183 g/mol. The summed E-state index contributed by atoms with van der Waals surface area (Å²) in [5.41, 5.74) is 0. The predicted octanol–water partition coefficient (Wildman–Crippen LogP) is 1.97. The monoisotopic (exact) mass is 183 g/mol. The number of hydrogen-bond acceptors (Lipinski definition) is 2. The molecular weight excluding hydrogens is 162 g/mol. The molecule has 0 bridgehead atoms. The van der Waals surface area contributed by atoms with Crippen LogP contribution >= 0.6 is 0 Å². The molecule has 0 aromatic carbocycles. The largest absolute Gasteiger partial charge is 0.377 e. The summed E-state index contributed by atoms with van der Waals surface area (Å²) in [6.07, 6.45) is 5.79. The molecule has 2 atom stereocenters. The van der Waals surface area contributed by atoms with Crippen molar-refractivity contribution in [3.8, 4) is 0 Å². The topological polar surface area (TPSA) is 21.3 Å². The molecule has 0 aliphatic carbocycles. The zero-order valence-electron chi connectivity index (χ0n) is 8.59. The van der Waals surface area contributed by atoms with Crippen molar-refractivity contribution in [1.82, 2.24) is 5.32 Å². The van der Waals surface area contributed by atoms with Crippen molar-refractivity contribution in [2.24, 2.45) is 5.92 Å². The number of nitrogens with one attached hydrogen (secondary N) is 1. The first kappa shape index (κ1) is 10.7. The van der Waals surface area contributed by atoms with Crippen LogP contribution in [0.25, 0.3) is 0 Å². The fourth-order valence-corrected chi connectivity index (χ4v) is 1.65. The maximum Gasteiger partial charge on any atom is 0.0725 e. The third kappa shape index (κ3) is 3.92. The van der Waals surface area contributed by atoms with E-state index in [0.29, 0.717) is 12.0 Å². The standard InChI is InChI=1S/C11H21NO/c1-3-4-5-8-13-11-9-12-7-6-10(11)2/h3,10-12H,1,4-9H2,2H3. The number of piperidine rings is 1. The first-order valence-corrected chi connectivity index (χ1v) is 5.28. The highest BCUT2D eigenvalue weighted by Gasteiger charge is 2.20. The van der Waals surface area contributed by atoms with Crippen LogP contribution in [0.5, 0.6) is 0 Å². The second-order valence-electron chi connectivity index (χ2n) is 3.81. The third-order valence-electron chi connectivity index (χ3n) is 2.64. The van der Waals surface area contributed by atoms with E-state index in [-0.39, 0.29) is 0 Å². The minimum Gasteiger partial charge on any atom is -0.377 e. The van der Waals surface area contributed by atoms with Gasteiger partial charge in [0.1, 0.15) is 0 Å². The Bertz CT molecular complexity index is 147. The molecule has 1 aliphatic heterocycles.